The molecule has 116 valence electrons. The molecule has 2 aromatic rings. The van der Waals surface area contributed by atoms with Crippen LogP contribution in [0.1, 0.15) is 36.0 Å². The van der Waals surface area contributed by atoms with Gasteiger partial charge < -0.3 is 10.1 Å². The van der Waals surface area contributed by atoms with E-state index in [9.17, 15) is 4.79 Å². The Kier molecular flexibility index (Phi) is 4.43. The lowest BCUT2D eigenvalue weighted by molar-refractivity contribution is -0.127. The summed E-state index contributed by atoms with van der Waals surface area (Å²) in [6.07, 6.45) is 1.00. The molecule has 1 aromatic heterocycles. The van der Waals surface area contributed by atoms with Crippen molar-refractivity contribution in [2.24, 2.45) is 0 Å². The molecule has 0 saturated heterocycles. The van der Waals surface area contributed by atoms with E-state index in [1.165, 1.54) is 0 Å². The first-order valence-corrected chi connectivity index (χ1v) is 8.48. The third-order valence-corrected chi connectivity index (χ3v) is 4.88. The van der Waals surface area contributed by atoms with E-state index in [2.05, 4.69) is 29.5 Å². The van der Waals surface area contributed by atoms with Crippen molar-refractivity contribution in [2.75, 3.05) is 6.54 Å². The predicted octanol–water partition coefficient (Wildman–Crippen LogP) is 2.93. The van der Waals surface area contributed by atoms with Gasteiger partial charge in [0.25, 0.3) is 5.91 Å². The van der Waals surface area contributed by atoms with Gasteiger partial charge in [0.05, 0.1) is 10.7 Å². The van der Waals surface area contributed by atoms with Gasteiger partial charge in [-0.1, -0.05) is 32.0 Å². The normalized spacial score (nSPS) is 16.4. The number of hydrogen-bond donors (Lipinski definition) is 1. The number of fused-ring (bicyclic) bond motifs is 1. The van der Waals surface area contributed by atoms with Gasteiger partial charge in [-0.25, -0.2) is 4.98 Å². The van der Waals surface area contributed by atoms with E-state index in [4.69, 9.17) is 4.74 Å². The molecule has 0 spiro atoms. The van der Waals surface area contributed by atoms with Crippen LogP contribution >= 0.6 is 11.3 Å². The first kappa shape index (κ1) is 15.0. The molecule has 5 heteroatoms. The lowest BCUT2D eigenvalue weighted by Crippen LogP contribution is -2.38. The second-order valence-electron chi connectivity index (χ2n) is 5.79. The minimum absolute atomic E-state index is 0.0458. The van der Waals surface area contributed by atoms with Gasteiger partial charge in [-0.3, -0.25) is 4.79 Å². The number of benzene rings is 1. The summed E-state index contributed by atoms with van der Waals surface area (Å²) in [6, 6.07) is 7.81. The monoisotopic (exact) mass is 316 g/mol. The molecule has 1 unspecified atom stereocenters. The minimum atomic E-state index is -0.404. The molecule has 0 aliphatic carbocycles. The van der Waals surface area contributed by atoms with E-state index < -0.39 is 6.10 Å². The maximum atomic E-state index is 12.2. The number of aromatic nitrogens is 1. The molecule has 3 rings (SSSR count). The third-order valence-electron chi connectivity index (χ3n) is 3.68. The van der Waals surface area contributed by atoms with E-state index >= 15 is 0 Å². The van der Waals surface area contributed by atoms with Crippen LogP contribution in [0.5, 0.6) is 5.75 Å². The fourth-order valence-corrected chi connectivity index (χ4v) is 3.33. The van der Waals surface area contributed by atoms with E-state index in [0.29, 0.717) is 18.9 Å². The Labute approximate surface area is 134 Å². The highest BCUT2D eigenvalue weighted by molar-refractivity contribution is 7.09. The highest BCUT2D eigenvalue weighted by Gasteiger charge is 2.28. The molecule has 0 fully saturated rings. The Morgan fingerprint density at radius 2 is 2.27 bits per heavy atom. The first-order chi connectivity index (χ1) is 10.6. The van der Waals surface area contributed by atoms with Gasteiger partial charge in [0, 0.05) is 30.7 Å². The zero-order chi connectivity index (χ0) is 15.5. The molecule has 1 aliphatic heterocycles. The number of carbonyl (C=O) groups excluding carboxylic acids is 1. The molecule has 1 aliphatic rings. The van der Waals surface area contributed by atoms with Gasteiger partial charge >= 0.3 is 0 Å². The lowest BCUT2D eigenvalue weighted by Gasteiger charge is -2.10. The van der Waals surface area contributed by atoms with E-state index in [0.717, 1.165) is 28.4 Å². The van der Waals surface area contributed by atoms with E-state index in [1.54, 1.807) is 11.3 Å². The van der Waals surface area contributed by atoms with Crippen LogP contribution in [0.4, 0.5) is 0 Å². The Morgan fingerprint density at radius 1 is 1.45 bits per heavy atom. The number of hydrogen-bond acceptors (Lipinski definition) is 4. The summed E-state index contributed by atoms with van der Waals surface area (Å²) in [5.41, 5.74) is 2.15. The largest absolute Gasteiger partial charge is 0.480 e. The molecule has 0 radical (unpaired) electrons. The van der Waals surface area contributed by atoms with Crippen molar-refractivity contribution >= 4 is 17.2 Å². The van der Waals surface area contributed by atoms with Gasteiger partial charge in [-0.15, -0.1) is 11.3 Å². The Hall–Kier alpha value is -1.88. The molecule has 1 aromatic carbocycles. The molecule has 22 heavy (non-hydrogen) atoms. The first-order valence-electron chi connectivity index (χ1n) is 7.60. The van der Waals surface area contributed by atoms with Gasteiger partial charge in [-0.05, 0) is 11.6 Å². The fourth-order valence-electron chi connectivity index (χ4n) is 2.46. The van der Waals surface area contributed by atoms with Crippen molar-refractivity contribution in [1.29, 1.82) is 0 Å². The van der Waals surface area contributed by atoms with Gasteiger partial charge in [-0.2, -0.15) is 0 Å². The molecule has 4 nitrogen and oxygen atoms in total. The van der Waals surface area contributed by atoms with E-state index in [1.807, 2.05) is 24.3 Å². The zero-order valence-corrected chi connectivity index (χ0v) is 13.7. The molecular weight excluding hydrogens is 296 g/mol. The number of carbonyl (C=O) groups is 1. The average Bonchev–Trinajstić information content (AvgIpc) is 3.13. The molecule has 0 bridgehead atoms. The summed E-state index contributed by atoms with van der Waals surface area (Å²) in [5, 5.41) is 6.17. The van der Waals surface area contributed by atoms with Crippen LogP contribution < -0.4 is 10.1 Å². The number of nitrogens with one attached hydrogen (secondary N) is 1. The predicted molar refractivity (Wildman–Crippen MR) is 87.5 cm³/mol. The molecule has 1 atom stereocenters. The number of para-hydroxylation sites is 1. The molecule has 1 N–H and O–H groups in total. The summed E-state index contributed by atoms with van der Waals surface area (Å²) in [5.74, 6) is 1.23. The van der Waals surface area contributed by atoms with E-state index in [-0.39, 0.29) is 5.91 Å². The van der Waals surface area contributed by atoms with Crippen LogP contribution in [-0.4, -0.2) is 23.5 Å². The van der Waals surface area contributed by atoms with Gasteiger partial charge in [0.2, 0.25) is 0 Å². The Bertz CT molecular complexity index is 641. The fraction of sp³-hybridized carbons (Fsp3) is 0.412. The second-order valence-corrected chi connectivity index (χ2v) is 6.68. The van der Waals surface area contributed by atoms with Crippen LogP contribution in [0, 0.1) is 0 Å². The highest BCUT2D eigenvalue weighted by atomic mass is 32.1. The summed E-state index contributed by atoms with van der Waals surface area (Å²) >= 11 is 1.68. The zero-order valence-electron chi connectivity index (χ0n) is 12.8. The highest BCUT2D eigenvalue weighted by Crippen LogP contribution is 2.28. The standard InChI is InChI=1S/C17H20N2O2S/c1-11(2)17-19-13(10-22-17)7-8-18-16(20)15-9-12-5-3-4-6-14(12)21-15/h3-6,10-11,15H,7-9H2,1-2H3,(H,18,20). The molecule has 1 amide bonds. The van der Waals surface area contributed by atoms with Crippen molar-refractivity contribution in [2.45, 2.75) is 38.7 Å². The van der Waals surface area contributed by atoms with Crippen molar-refractivity contribution in [1.82, 2.24) is 10.3 Å². The maximum Gasteiger partial charge on any atom is 0.261 e. The van der Waals surface area contributed by atoms with Crippen LogP contribution in [0.25, 0.3) is 0 Å². The Balaban J connectivity index is 1.47. The summed E-state index contributed by atoms with van der Waals surface area (Å²) < 4.78 is 5.68. The molecule has 2 heterocycles. The lowest BCUT2D eigenvalue weighted by atomic mass is 10.1. The topological polar surface area (TPSA) is 51.2 Å². The van der Waals surface area contributed by atoms with Crippen LogP contribution in [0.3, 0.4) is 0 Å². The SMILES string of the molecule is CC(C)c1nc(CCNC(=O)C2Cc3ccccc3O2)cs1. The number of rotatable bonds is 5. The second kappa shape index (κ2) is 6.48. The van der Waals surface area contributed by atoms with Crippen molar-refractivity contribution < 1.29 is 9.53 Å². The maximum absolute atomic E-state index is 12.2. The molecule has 0 saturated carbocycles. The average molecular weight is 316 g/mol. The van der Waals surface area contributed by atoms with Gasteiger partial charge in [0.15, 0.2) is 6.10 Å². The van der Waals surface area contributed by atoms with Crippen molar-refractivity contribution in [3.63, 3.8) is 0 Å². The molecular formula is C17H20N2O2S. The summed E-state index contributed by atoms with van der Waals surface area (Å²) in [4.78, 5) is 16.7. The summed E-state index contributed by atoms with van der Waals surface area (Å²) in [6.45, 7) is 4.87. The van der Waals surface area contributed by atoms with Crippen molar-refractivity contribution in [3.8, 4) is 5.75 Å². The van der Waals surface area contributed by atoms with Crippen LogP contribution in [0.2, 0.25) is 0 Å². The number of ether oxygens (including phenoxy) is 1. The van der Waals surface area contributed by atoms with Crippen LogP contribution in [0.15, 0.2) is 29.6 Å². The quantitative estimate of drug-likeness (QED) is 0.923. The Morgan fingerprint density at radius 3 is 3.00 bits per heavy atom. The van der Waals surface area contributed by atoms with Crippen LogP contribution in [-0.2, 0) is 17.6 Å². The number of amides is 1. The number of thiazole rings is 1. The third kappa shape index (κ3) is 3.30. The van der Waals surface area contributed by atoms with Gasteiger partial charge in [0.1, 0.15) is 5.75 Å². The van der Waals surface area contributed by atoms with Crippen molar-refractivity contribution in [3.05, 3.63) is 45.9 Å². The summed E-state index contributed by atoms with van der Waals surface area (Å²) in [7, 11) is 0. The number of nitrogens with zero attached hydrogens (tertiary/aromatic N) is 1. The minimum Gasteiger partial charge on any atom is -0.480 e. The smallest absolute Gasteiger partial charge is 0.261 e.